The average molecular weight is 434 g/mol. The molecule has 2 aromatic rings. The molecule has 2 fully saturated rings. The lowest BCUT2D eigenvalue weighted by atomic mass is 9.79. The number of carboxylic acids is 1. The van der Waals surface area contributed by atoms with Crippen molar-refractivity contribution in [2.75, 3.05) is 6.61 Å². The number of fused-ring (bicyclic) bond motifs is 3. The first-order valence-electron chi connectivity index (χ1n) is 11.1. The van der Waals surface area contributed by atoms with Crippen LogP contribution in [0, 0.1) is 5.92 Å². The third-order valence-corrected chi connectivity index (χ3v) is 6.91. The van der Waals surface area contributed by atoms with Gasteiger partial charge in [0.05, 0.1) is 12.0 Å². The fraction of sp³-hybridized carbons (Fsp3) is 0.400. The summed E-state index contributed by atoms with van der Waals surface area (Å²) in [7, 11) is 0. The van der Waals surface area contributed by atoms with E-state index in [4.69, 9.17) is 9.84 Å². The van der Waals surface area contributed by atoms with Crippen molar-refractivity contribution in [3.8, 4) is 11.1 Å². The van der Waals surface area contributed by atoms with Crippen LogP contribution in [-0.4, -0.2) is 41.3 Å². The van der Waals surface area contributed by atoms with E-state index in [2.05, 4.69) is 34.9 Å². The second kappa shape index (κ2) is 7.97. The summed E-state index contributed by atoms with van der Waals surface area (Å²) in [5, 5.41) is 14.7. The summed E-state index contributed by atoms with van der Waals surface area (Å²) in [6.07, 6.45) is 1.99. The van der Waals surface area contributed by atoms with Gasteiger partial charge in [0.25, 0.3) is 0 Å². The Morgan fingerprint density at radius 2 is 1.56 bits per heavy atom. The molecule has 3 aliphatic carbocycles. The van der Waals surface area contributed by atoms with Crippen LogP contribution in [0.25, 0.3) is 11.1 Å². The molecular formula is C25H26N2O5. The minimum absolute atomic E-state index is 0.0111. The minimum atomic E-state index is -0.897. The van der Waals surface area contributed by atoms with Gasteiger partial charge in [0.1, 0.15) is 6.61 Å². The lowest BCUT2D eigenvalue weighted by molar-refractivity contribution is -0.138. The molecule has 0 unspecified atom stereocenters. The van der Waals surface area contributed by atoms with Gasteiger partial charge in [-0.2, -0.15) is 0 Å². The summed E-state index contributed by atoms with van der Waals surface area (Å²) >= 11 is 0. The number of carboxylic acid groups (broad SMARTS) is 1. The third-order valence-electron chi connectivity index (χ3n) is 6.91. The molecule has 0 aromatic heterocycles. The molecule has 0 aliphatic heterocycles. The molecule has 0 saturated heterocycles. The third kappa shape index (κ3) is 3.95. The number of hydrogen-bond donors (Lipinski definition) is 3. The van der Waals surface area contributed by atoms with Gasteiger partial charge >= 0.3 is 12.1 Å². The van der Waals surface area contributed by atoms with E-state index in [1.165, 1.54) is 11.1 Å². The molecule has 0 bridgehead atoms. The molecule has 0 spiro atoms. The first kappa shape index (κ1) is 20.5. The van der Waals surface area contributed by atoms with Crippen LogP contribution >= 0.6 is 0 Å². The topological polar surface area (TPSA) is 105 Å². The summed E-state index contributed by atoms with van der Waals surface area (Å²) < 4.78 is 5.56. The highest BCUT2D eigenvalue weighted by Gasteiger charge is 2.48. The van der Waals surface area contributed by atoms with Gasteiger partial charge in [0.2, 0.25) is 5.91 Å². The second-order valence-electron chi connectivity index (χ2n) is 9.18. The van der Waals surface area contributed by atoms with E-state index in [0.29, 0.717) is 25.7 Å². The summed E-state index contributed by atoms with van der Waals surface area (Å²) in [4.78, 5) is 35.7. The van der Waals surface area contributed by atoms with Gasteiger partial charge in [-0.3, -0.25) is 9.59 Å². The quantitative estimate of drug-likeness (QED) is 0.619. The van der Waals surface area contributed by atoms with Crippen molar-refractivity contribution in [1.82, 2.24) is 10.6 Å². The van der Waals surface area contributed by atoms with Gasteiger partial charge in [-0.15, -0.1) is 0 Å². The Bertz CT molecular complexity index is 1030. The van der Waals surface area contributed by atoms with Crippen molar-refractivity contribution in [2.45, 2.75) is 49.6 Å². The van der Waals surface area contributed by atoms with Gasteiger partial charge in [-0.05, 0) is 47.9 Å². The highest BCUT2D eigenvalue weighted by atomic mass is 16.5. The zero-order chi connectivity index (χ0) is 22.3. The Labute approximate surface area is 186 Å². The van der Waals surface area contributed by atoms with E-state index < -0.39 is 17.6 Å². The van der Waals surface area contributed by atoms with E-state index in [1.54, 1.807) is 0 Å². The van der Waals surface area contributed by atoms with Crippen molar-refractivity contribution in [2.24, 2.45) is 5.92 Å². The van der Waals surface area contributed by atoms with Crippen LogP contribution < -0.4 is 10.6 Å². The van der Waals surface area contributed by atoms with Crippen molar-refractivity contribution in [3.63, 3.8) is 0 Å². The molecule has 2 amide bonds. The van der Waals surface area contributed by atoms with Crippen LogP contribution in [0.5, 0.6) is 0 Å². The standard InChI is InChI=1S/C25H26N2O5/c28-22(29)13-25(9-10-25)27-23(30)15-11-16(12-15)26-24(31)32-14-21-19-7-3-1-5-17(19)18-6-2-4-8-20(18)21/h1-8,15-16,21H,9-14H2,(H,26,31)(H,27,30)(H,28,29). The SMILES string of the molecule is O=C(O)CC1(NC(=O)C2CC(NC(=O)OCC3c4ccccc4-c4ccccc43)C2)CC1. The molecular weight excluding hydrogens is 408 g/mol. The number of rotatable bonds is 7. The summed E-state index contributed by atoms with van der Waals surface area (Å²) in [5.74, 6) is -1.20. The monoisotopic (exact) mass is 434 g/mol. The number of carbonyl (C=O) groups excluding carboxylic acids is 2. The number of alkyl carbamates (subject to hydrolysis) is 1. The van der Waals surface area contributed by atoms with E-state index in [1.807, 2.05) is 24.3 Å². The predicted octanol–water partition coefficient (Wildman–Crippen LogP) is 3.43. The summed E-state index contributed by atoms with van der Waals surface area (Å²) in [6, 6.07) is 16.3. The Balaban J connectivity index is 1.10. The predicted molar refractivity (Wildman–Crippen MR) is 117 cm³/mol. The molecule has 32 heavy (non-hydrogen) atoms. The van der Waals surface area contributed by atoms with Crippen LogP contribution in [0.3, 0.4) is 0 Å². The summed E-state index contributed by atoms with van der Waals surface area (Å²) in [6.45, 7) is 0.258. The first-order valence-corrected chi connectivity index (χ1v) is 11.1. The number of benzene rings is 2. The van der Waals surface area contributed by atoms with Crippen LogP contribution in [0.1, 0.15) is 49.1 Å². The molecule has 3 aliphatic rings. The van der Waals surface area contributed by atoms with Crippen LogP contribution in [0.15, 0.2) is 48.5 Å². The number of aliphatic carboxylic acids is 1. The van der Waals surface area contributed by atoms with E-state index >= 15 is 0 Å². The maximum absolute atomic E-state index is 12.4. The van der Waals surface area contributed by atoms with Gasteiger partial charge in [-0.25, -0.2) is 4.79 Å². The van der Waals surface area contributed by atoms with Crippen LogP contribution in [0.4, 0.5) is 4.79 Å². The van der Waals surface area contributed by atoms with Crippen molar-refractivity contribution >= 4 is 18.0 Å². The maximum atomic E-state index is 12.4. The Kier molecular flexibility index (Phi) is 5.12. The lowest BCUT2D eigenvalue weighted by Gasteiger charge is -2.35. The van der Waals surface area contributed by atoms with Crippen LogP contribution in [-0.2, 0) is 14.3 Å². The number of carbonyl (C=O) groups is 3. The number of ether oxygens (including phenoxy) is 1. The van der Waals surface area contributed by atoms with Gasteiger partial charge in [0, 0.05) is 17.9 Å². The zero-order valence-electron chi connectivity index (χ0n) is 17.7. The fourth-order valence-electron chi connectivity index (χ4n) is 4.91. The number of hydrogen-bond acceptors (Lipinski definition) is 4. The van der Waals surface area contributed by atoms with Crippen molar-refractivity contribution in [3.05, 3.63) is 59.7 Å². The normalized spacial score (nSPS) is 22.1. The molecule has 166 valence electrons. The molecule has 7 heteroatoms. The van der Waals surface area contributed by atoms with Gasteiger partial charge in [0.15, 0.2) is 0 Å². The Morgan fingerprint density at radius 3 is 2.12 bits per heavy atom. The molecule has 7 nitrogen and oxygen atoms in total. The maximum Gasteiger partial charge on any atom is 0.407 e. The van der Waals surface area contributed by atoms with E-state index in [0.717, 1.165) is 11.1 Å². The number of amides is 2. The van der Waals surface area contributed by atoms with Crippen molar-refractivity contribution < 1.29 is 24.2 Å². The lowest BCUT2D eigenvalue weighted by Crippen LogP contribution is -2.52. The molecule has 2 aromatic carbocycles. The highest BCUT2D eigenvalue weighted by Crippen LogP contribution is 2.44. The first-order chi connectivity index (χ1) is 15.4. The minimum Gasteiger partial charge on any atom is -0.481 e. The second-order valence-corrected chi connectivity index (χ2v) is 9.18. The largest absolute Gasteiger partial charge is 0.481 e. The Hall–Kier alpha value is -3.35. The molecule has 0 radical (unpaired) electrons. The van der Waals surface area contributed by atoms with Crippen LogP contribution in [0.2, 0.25) is 0 Å². The number of nitrogens with one attached hydrogen (secondary N) is 2. The smallest absolute Gasteiger partial charge is 0.407 e. The van der Waals surface area contributed by atoms with Crippen molar-refractivity contribution in [1.29, 1.82) is 0 Å². The average Bonchev–Trinajstić information content (AvgIpc) is 3.40. The summed E-state index contributed by atoms with van der Waals surface area (Å²) in [5.41, 5.74) is 4.13. The Morgan fingerprint density at radius 1 is 0.969 bits per heavy atom. The molecule has 0 atom stereocenters. The van der Waals surface area contributed by atoms with Gasteiger partial charge < -0.3 is 20.5 Å². The molecule has 0 heterocycles. The molecule has 3 N–H and O–H groups in total. The zero-order valence-corrected chi connectivity index (χ0v) is 17.7. The highest BCUT2D eigenvalue weighted by molar-refractivity contribution is 5.83. The van der Waals surface area contributed by atoms with E-state index in [-0.39, 0.29) is 36.8 Å². The fourth-order valence-corrected chi connectivity index (χ4v) is 4.91. The van der Waals surface area contributed by atoms with Gasteiger partial charge in [-0.1, -0.05) is 48.5 Å². The van der Waals surface area contributed by atoms with E-state index in [9.17, 15) is 14.4 Å². The molecule has 2 saturated carbocycles. The molecule has 5 rings (SSSR count).